The number of carboxylic acid groups (broad SMARTS) is 1. The van der Waals surface area contributed by atoms with Gasteiger partial charge in [-0.2, -0.15) is 5.26 Å². The molecule has 2 N–H and O–H groups in total. The maximum absolute atomic E-state index is 11.8. The highest BCUT2D eigenvalue weighted by molar-refractivity contribution is 5.77. The number of hydrogen-bond donors (Lipinski definition) is 2. The molecule has 1 aliphatic rings. The van der Waals surface area contributed by atoms with E-state index in [0.717, 1.165) is 0 Å². The Morgan fingerprint density at radius 1 is 1.61 bits per heavy atom. The van der Waals surface area contributed by atoms with Gasteiger partial charge in [-0.15, -0.1) is 0 Å². The van der Waals surface area contributed by atoms with Crippen molar-refractivity contribution < 1.29 is 19.4 Å². The van der Waals surface area contributed by atoms with Gasteiger partial charge in [-0.3, -0.25) is 4.79 Å². The number of morpholine rings is 1. The van der Waals surface area contributed by atoms with E-state index < -0.39 is 17.5 Å². The Bertz CT molecular complexity index is 375. The van der Waals surface area contributed by atoms with Crippen LogP contribution in [0, 0.1) is 16.7 Å². The van der Waals surface area contributed by atoms with Gasteiger partial charge in [-0.1, -0.05) is 0 Å². The number of urea groups is 1. The molecule has 0 bridgehead atoms. The van der Waals surface area contributed by atoms with Crippen LogP contribution < -0.4 is 5.32 Å². The Morgan fingerprint density at radius 2 is 2.28 bits per heavy atom. The number of carbonyl (C=O) groups excluding carboxylic acids is 1. The normalized spacial score (nSPS) is 20.1. The molecule has 0 spiro atoms. The zero-order valence-corrected chi connectivity index (χ0v) is 10.5. The molecule has 1 heterocycles. The summed E-state index contributed by atoms with van der Waals surface area (Å²) in [6, 6.07) is 1.57. The monoisotopic (exact) mass is 255 g/mol. The summed E-state index contributed by atoms with van der Waals surface area (Å²) < 4.78 is 5.11. The molecule has 1 aliphatic heterocycles. The van der Waals surface area contributed by atoms with E-state index in [1.54, 1.807) is 0 Å². The molecule has 1 rings (SSSR count). The molecule has 0 aliphatic carbocycles. The second kappa shape index (κ2) is 5.69. The zero-order valence-electron chi connectivity index (χ0n) is 10.5. The highest BCUT2D eigenvalue weighted by Gasteiger charge is 2.29. The van der Waals surface area contributed by atoms with E-state index in [-0.39, 0.29) is 19.1 Å². The minimum atomic E-state index is -1.02. The lowest BCUT2D eigenvalue weighted by molar-refractivity contribution is -0.146. The molecular weight excluding hydrogens is 238 g/mol. The van der Waals surface area contributed by atoms with Crippen LogP contribution in [0.2, 0.25) is 0 Å². The molecule has 7 heteroatoms. The first-order valence-corrected chi connectivity index (χ1v) is 5.64. The molecule has 1 atom stereocenters. The SMILES string of the molecule is CC(C)(CNC(=O)N1CCOC(C#N)C1)C(=O)O. The van der Waals surface area contributed by atoms with Crippen molar-refractivity contribution in [3.8, 4) is 6.07 Å². The van der Waals surface area contributed by atoms with Crippen LogP contribution in [0.4, 0.5) is 4.79 Å². The Morgan fingerprint density at radius 3 is 2.83 bits per heavy atom. The summed E-state index contributed by atoms with van der Waals surface area (Å²) in [5.41, 5.74) is -1.02. The summed E-state index contributed by atoms with van der Waals surface area (Å²) in [5.74, 6) is -0.973. The van der Waals surface area contributed by atoms with Crippen molar-refractivity contribution >= 4 is 12.0 Å². The fourth-order valence-corrected chi connectivity index (χ4v) is 1.40. The highest BCUT2D eigenvalue weighted by atomic mass is 16.5. The summed E-state index contributed by atoms with van der Waals surface area (Å²) >= 11 is 0. The second-order valence-corrected chi connectivity index (χ2v) is 4.78. The molecular formula is C11H17N3O4. The first kappa shape index (κ1) is 14.3. The van der Waals surface area contributed by atoms with E-state index in [9.17, 15) is 9.59 Å². The number of ether oxygens (including phenoxy) is 1. The lowest BCUT2D eigenvalue weighted by atomic mass is 9.94. The summed E-state index contributed by atoms with van der Waals surface area (Å²) in [6.45, 7) is 4.02. The van der Waals surface area contributed by atoms with Crippen LogP contribution in [0.1, 0.15) is 13.8 Å². The Balaban J connectivity index is 2.46. The van der Waals surface area contributed by atoms with Crippen LogP contribution in [0.25, 0.3) is 0 Å². The minimum Gasteiger partial charge on any atom is -0.481 e. The average Bonchev–Trinajstić information content (AvgIpc) is 2.36. The average molecular weight is 255 g/mol. The van der Waals surface area contributed by atoms with E-state index in [1.807, 2.05) is 6.07 Å². The van der Waals surface area contributed by atoms with Crippen molar-refractivity contribution in [3.05, 3.63) is 0 Å². The highest BCUT2D eigenvalue weighted by Crippen LogP contribution is 2.13. The van der Waals surface area contributed by atoms with E-state index in [1.165, 1.54) is 18.7 Å². The molecule has 1 unspecified atom stereocenters. The quantitative estimate of drug-likeness (QED) is 0.740. The molecule has 0 aromatic heterocycles. The Labute approximate surface area is 105 Å². The molecule has 1 saturated heterocycles. The standard InChI is InChI=1S/C11H17N3O4/c1-11(2,9(15)16)7-13-10(17)14-3-4-18-8(5-12)6-14/h8H,3-4,6-7H2,1-2H3,(H,13,17)(H,15,16). The van der Waals surface area contributed by atoms with Crippen LogP contribution in [0.5, 0.6) is 0 Å². The van der Waals surface area contributed by atoms with Gasteiger partial charge in [0.2, 0.25) is 0 Å². The molecule has 2 amide bonds. The number of amides is 2. The largest absolute Gasteiger partial charge is 0.481 e. The van der Waals surface area contributed by atoms with E-state index in [2.05, 4.69) is 5.32 Å². The van der Waals surface area contributed by atoms with E-state index >= 15 is 0 Å². The summed E-state index contributed by atoms with van der Waals surface area (Å²) in [4.78, 5) is 24.1. The first-order valence-electron chi connectivity index (χ1n) is 5.64. The van der Waals surface area contributed by atoms with Gasteiger partial charge in [0.25, 0.3) is 0 Å². The molecule has 0 saturated carbocycles. The van der Waals surface area contributed by atoms with Crippen LogP contribution in [0.15, 0.2) is 0 Å². The molecule has 7 nitrogen and oxygen atoms in total. The molecule has 100 valence electrons. The molecule has 0 aromatic rings. The predicted octanol–water partition coefficient (Wildman–Crippen LogP) is 0.0312. The summed E-state index contributed by atoms with van der Waals surface area (Å²) in [7, 11) is 0. The van der Waals surface area contributed by atoms with Gasteiger partial charge in [0, 0.05) is 13.1 Å². The van der Waals surface area contributed by atoms with Gasteiger partial charge in [-0.25, -0.2) is 4.79 Å². The Hall–Kier alpha value is -1.81. The van der Waals surface area contributed by atoms with Crippen molar-refractivity contribution in [2.75, 3.05) is 26.2 Å². The van der Waals surface area contributed by atoms with E-state index in [4.69, 9.17) is 15.1 Å². The molecule has 0 aromatic carbocycles. The zero-order chi connectivity index (χ0) is 13.8. The third kappa shape index (κ3) is 3.60. The third-order valence-corrected chi connectivity index (χ3v) is 2.76. The number of carbonyl (C=O) groups is 2. The Kier molecular flexibility index (Phi) is 4.50. The number of rotatable bonds is 3. The van der Waals surface area contributed by atoms with Gasteiger partial charge in [0.1, 0.15) is 0 Å². The third-order valence-electron chi connectivity index (χ3n) is 2.76. The van der Waals surface area contributed by atoms with Gasteiger partial charge < -0.3 is 20.1 Å². The topological polar surface area (TPSA) is 103 Å². The molecule has 0 radical (unpaired) electrons. The van der Waals surface area contributed by atoms with Crippen molar-refractivity contribution in [2.45, 2.75) is 20.0 Å². The smallest absolute Gasteiger partial charge is 0.317 e. The summed E-state index contributed by atoms with van der Waals surface area (Å²) in [6.07, 6.45) is -0.614. The lowest BCUT2D eigenvalue weighted by Gasteiger charge is -2.30. The lowest BCUT2D eigenvalue weighted by Crippen LogP contribution is -2.51. The van der Waals surface area contributed by atoms with Crippen molar-refractivity contribution in [2.24, 2.45) is 5.41 Å². The second-order valence-electron chi connectivity index (χ2n) is 4.78. The summed E-state index contributed by atoms with van der Waals surface area (Å²) in [5, 5.41) is 20.2. The van der Waals surface area contributed by atoms with E-state index in [0.29, 0.717) is 13.2 Å². The number of nitrogens with zero attached hydrogens (tertiary/aromatic N) is 2. The minimum absolute atomic E-state index is 0.0374. The first-order chi connectivity index (χ1) is 8.36. The maximum Gasteiger partial charge on any atom is 0.317 e. The number of carboxylic acids is 1. The van der Waals surface area contributed by atoms with Crippen molar-refractivity contribution in [1.29, 1.82) is 5.26 Å². The molecule has 18 heavy (non-hydrogen) atoms. The number of aliphatic carboxylic acids is 1. The van der Waals surface area contributed by atoms with Crippen LogP contribution >= 0.6 is 0 Å². The van der Waals surface area contributed by atoms with Gasteiger partial charge in [-0.05, 0) is 13.8 Å². The van der Waals surface area contributed by atoms with Crippen LogP contribution in [-0.2, 0) is 9.53 Å². The molecule has 1 fully saturated rings. The fraction of sp³-hybridized carbons (Fsp3) is 0.727. The maximum atomic E-state index is 11.8. The van der Waals surface area contributed by atoms with Gasteiger partial charge in [0.05, 0.1) is 24.6 Å². The number of hydrogen-bond acceptors (Lipinski definition) is 4. The number of nitrogens with one attached hydrogen (secondary N) is 1. The predicted molar refractivity (Wildman–Crippen MR) is 61.7 cm³/mol. The van der Waals surface area contributed by atoms with Crippen molar-refractivity contribution in [1.82, 2.24) is 10.2 Å². The van der Waals surface area contributed by atoms with Gasteiger partial charge in [0.15, 0.2) is 6.10 Å². The van der Waals surface area contributed by atoms with Crippen LogP contribution in [-0.4, -0.2) is 54.4 Å². The fourth-order valence-electron chi connectivity index (χ4n) is 1.40. The van der Waals surface area contributed by atoms with Crippen molar-refractivity contribution in [3.63, 3.8) is 0 Å². The van der Waals surface area contributed by atoms with Gasteiger partial charge >= 0.3 is 12.0 Å². The van der Waals surface area contributed by atoms with Crippen LogP contribution in [0.3, 0.4) is 0 Å². The number of nitriles is 1.